The van der Waals surface area contributed by atoms with Crippen molar-refractivity contribution in [2.24, 2.45) is 4.99 Å². The highest BCUT2D eigenvalue weighted by molar-refractivity contribution is 8.15. The van der Waals surface area contributed by atoms with Gasteiger partial charge in [0.1, 0.15) is 35.1 Å². The minimum atomic E-state index is -3.73. The van der Waals surface area contributed by atoms with Crippen LogP contribution >= 0.6 is 11.8 Å². The van der Waals surface area contributed by atoms with Crippen LogP contribution in [0, 0.1) is 0 Å². The van der Waals surface area contributed by atoms with Crippen LogP contribution in [0.15, 0.2) is 77.4 Å². The van der Waals surface area contributed by atoms with Crippen molar-refractivity contribution in [3.8, 4) is 5.75 Å². The molecule has 178 valence electrons. The van der Waals surface area contributed by atoms with Crippen LogP contribution in [0.3, 0.4) is 0 Å². The molecule has 0 N–H and O–H groups in total. The fourth-order valence-electron chi connectivity index (χ4n) is 3.31. The fraction of sp³-hybridized carbons (Fsp3) is 0.261. The van der Waals surface area contributed by atoms with E-state index in [4.69, 9.17) is 13.7 Å². The maximum absolute atomic E-state index is 12.9. The Bertz CT molecular complexity index is 1210. The molecule has 2 aromatic rings. The smallest absolute Gasteiger partial charge is 0.355 e. The average molecular weight is 503 g/mol. The Kier molecular flexibility index (Phi) is 7.35. The first-order chi connectivity index (χ1) is 16.3. The molecule has 0 spiro atoms. The van der Waals surface area contributed by atoms with Crippen LogP contribution in [0.5, 0.6) is 5.75 Å². The van der Waals surface area contributed by atoms with E-state index in [2.05, 4.69) is 4.99 Å². The quantitative estimate of drug-likeness (QED) is 0.211. The number of likely N-dealkylation sites (tertiary alicyclic amines) is 1. The van der Waals surface area contributed by atoms with Gasteiger partial charge in [-0.25, -0.2) is 4.79 Å². The van der Waals surface area contributed by atoms with E-state index in [1.165, 1.54) is 22.7 Å². The summed E-state index contributed by atoms with van der Waals surface area (Å²) in [5.41, 5.74) is 0.688. The largest absolute Gasteiger partial charge is 0.487 e. The van der Waals surface area contributed by atoms with Gasteiger partial charge in [0.25, 0.3) is 16.0 Å². The molecule has 2 aliphatic heterocycles. The number of thioether (sulfide) groups is 1. The molecule has 0 bridgehead atoms. The Morgan fingerprint density at radius 1 is 1.09 bits per heavy atom. The third-order valence-electron chi connectivity index (χ3n) is 4.90. The third kappa shape index (κ3) is 5.85. The van der Waals surface area contributed by atoms with Crippen LogP contribution in [0.25, 0.3) is 0 Å². The van der Waals surface area contributed by atoms with Crippen LogP contribution in [0.1, 0.15) is 5.56 Å². The maximum atomic E-state index is 12.9. The number of nitrogens with zero attached hydrogens (tertiary/aromatic N) is 2. The zero-order valence-corrected chi connectivity index (χ0v) is 19.8. The summed E-state index contributed by atoms with van der Waals surface area (Å²) in [4.78, 5) is 31.4. The molecule has 1 amide bonds. The lowest BCUT2D eigenvalue weighted by molar-refractivity contribution is -0.151. The molecule has 0 aliphatic carbocycles. The Hall–Kier alpha value is -3.15. The minimum Gasteiger partial charge on any atom is -0.487 e. The molecule has 2 aromatic carbocycles. The van der Waals surface area contributed by atoms with Crippen molar-refractivity contribution in [3.63, 3.8) is 0 Å². The minimum absolute atomic E-state index is 0.000118. The van der Waals surface area contributed by atoms with Crippen molar-refractivity contribution in [1.29, 1.82) is 0 Å². The van der Waals surface area contributed by atoms with Gasteiger partial charge in [-0.2, -0.15) is 8.42 Å². The molecule has 2 atom stereocenters. The lowest BCUT2D eigenvalue weighted by atomic mass is 10.1. The monoisotopic (exact) mass is 502 g/mol. The van der Waals surface area contributed by atoms with E-state index < -0.39 is 34.1 Å². The fourth-order valence-corrected chi connectivity index (χ4v) is 4.84. The number of carbonyl (C=O) groups excluding carboxylic acids is 2. The molecule has 0 aromatic heterocycles. The molecule has 2 heterocycles. The van der Waals surface area contributed by atoms with Crippen LogP contribution < -0.4 is 4.74 Å². The van der Waals surface area contributed by atoms with Crippen LogP contribution in [-0.4, -0.2) is 61.1 Å². The van der Waals surface area contributed by atoms with E-state index in [0.717, 1.165) is 11.8 Å². The standard InChI is InChI=1S/C23H22N2O7S2/c1-34(28,29)32-13-12-18(23(27)31-14-16-8-4-2-5-9-16)25-21(26)20-22(25)33-19(24-20)15-30-17-10-6-3-7-11-17/h2-12,20,22H,13-15H2,1H3. The molecule has 1 saturated heterocycles. The number of esters is 1. The van der Waals surface area contributed by atoms with Gasteiger partial charge in [-0.05, 0) is 23.8 Å². The summed E-state index contributed by atoms with van der Waals surface area (Å²) in [5, 5.41) is 0.176. The van der Waals surface area contributed by atoms with Crippen LogP contribution in [0.4, 0.5) is 0 Å². The van der Waals surface area contributed by atoms with Crippen molar-refractivity contribution in [2.45, 2.75) is 18.0 Å². The Morgan fingerprint density at radius 3 is 2.44 bits per heavy atom. The van der Waals surface area contributed by atoms with Gasteiger partial charge in [0.05, 0.1) is 12.9 Å². The SMILES string of the molecule is CS(=O)(=O)OCC=C(C(=O)OCc1ccccc1)N1C(=O)C2N=C(COc3ccccc3)SC21. The van der Waals surface area contributed by atoms with E-state index in [9.17, 15) is 18.0 Å². The molecular formula is C23H22N2O7S2. The summed E-state index contributed by atoms with van der Waals surface area (Å²) >= 11 is 1.31. The third-order valence-corrected chi connectivity index (χ3v) is 6.67. The highest BCUT2D eigenvalue weighted by Gasteiger charge is 2.54. The lowest BCUT2D eigenvalue weighted by Crippen LogP contribution is -2.61. The first-order valence-corrected chi connectivity index (χ1v) is 13.0. The molecule has 2 unspecified atom stereocenters. The first kappa shape index (κ1) is 24.0. The number of para-hydroxylation sites is 1. The predicted molar refractivity (Wildman–Crippen MR) is 127 cm³/mol. The van der Waals surface area contributed by atoms with Crippen molar-refractivity contribution in [2.75, 3.05) is 19.5 Å². The van der Waals surface area contributed by atoms with Crippen molar-refractivity contribution in [1.82, 2.24) is 4.90 Å². The summed E-state index contributed by atoms with van der Waals surface area (Å²) in [5.74, 6) is -0.465. The Balaban J connectivity index is 1.44. The summed E-state index contributed by atoms with van der Waals surface area (Å²) in [6.45, 7) is -0.220. The number of rotatable bonds is 10. The number of hydrogen-bond donors (Lipinski definition) is 0. The van der Waals surface area contributed by atoms with Crippen molar-refractivity contribution >= 4 is 38.8 Å². The van der Waals surface area contributed by atoms with Gasteiger partial charge < -0.3 is 9.47 Å². The summed E-state index contributed by atoms with van der Waals surface area (Å²) in [6.07, 6.45) is 2.14. The van der Waals surface area contributed by atoms with Gasteiger partial charge >= 0.3 is 5.97 Å². The number of benzene rings is 2. The number of fused-ring (bicyclic) bond motifs is 1. The van der Waals surface area contributed by atoms with E-state index in [1.807, 2.05) is 48.5 Å². The Labute approximate surface area is 201 Å². The van der Waals surface area contributed by atoms with Gasteiger partial charge in [0, 0.05) is 0 Å². The van der Waals surface area contributed by atoms with E-state index in [1.54, 1.807) is 12.1 Å². The van der Waals surface area contributed by atoms with Gasteiger partial charge in [-0.3, -0.25) is 18.9 Å². The number of amides is 1. The van der Waals surface area contributed by atoms with Gasteiger partial charge in [0.2, 0.25) is 0 Å². The number of ether oxygens (including phenoxy) is 2. The topological polar surface area (TPSA) is 112 Å². The predicted octanol–water partition coefficient (Wildman–Crippen LogP) is 2.35. The van der Waals surface area contributed by atoms with Gasteiger partial charge in [0.15, 0.2) is 6.04 Å². The lowest BCUT2D eigenvalue weighted by Gasteiger charge is -2.41. The second kappa shape index (κ2) is 10.4. The molecule has 0 radical (unpaired) electrons. The molecule has 0 saturated carbocycles. The molecule has 9 nitrogen and oxygen atoms in total. The number of hydrogen-bond acceptors (Lipinski definition) is 9. The normalized spacial score (nSPS) is 19.8. The average Bonchev–Trinajstić information content (AvgIpc) is 3.20. The number of β-lactam (4-membered cyclic amide) rings is 1. The molecule has 11 heteroatoms. The molecule has 2 aliphatic rings. The highest BCUT2D eigenvalue weighted by Crippen LogP contribution is 2.41. The first-order valence-electron chi connectivity index (χ1n) is 10.3. The second-order valence-electron chi connectivity index (χ2n) is 7.43. The van der Waals surface area contributed by atoms with Crippen LogP contribution in [-0.2, 0) is 35.2 Å². The molecule has 1 fully saturated rings. The van der Waals surface area contributed by atoms with Gasteiger partial charge in [-0.1, -0.05) is 60.3 Å². The van der Waals surface area contributed by atoms with Crippen molar-refractivity contribution in [3.05, 3.63) is 78.0 Å². The molecule has 4 rings (SSSR count). The van der Waals surface area contributed by atoms with Crippen molar-refractivity contribution < 1.29 is 31.7 Å². The zero-order valence-electron chi connectivity index (χ0n) is 18.2. The van der Waals surface area contributed by atoms with Gasteiger partial charge in [-0.15, -0.1) is 0 Å². The highest BCUT2D eigenvalue weighted by atomic mass is 32.2. The Morgan fingerprint density at radius 2 is 1.76 bits per heavy atom. The summed E-state index contributed by atoms with van der Waals surface area (Å²) < 4.78 is 38.5. The second-order valence-corrected chi connectivity index (χ2v) is 10.3. The molecule has 34 heavy (non-hydrogen) atoms. The van der Waals surface area contributed by atoms with E-state index in [0.29, 0.717) is 10.8 Å². The van der Waals surface area contributed by atoms with E-state index in [-0.39, 0.29) is 24.8 Å². The number of carbonyl (C=O) groups is 2. The van der Waals surface area contributed by atoms with E-state index >= 15 is 0 Å². The maximum Gasteiger partial charge on any atom is 0.355 e. The zero-order chi connectivity index (χ0) is 24.1. The summed E-state index contributed by atoms with van der Waals surface area (Å²) in [6, 6.07) is 17.6. The number of aliphatic imine (C=N–C) groups is 1. The summed E-state index contributed by atoms with van der Waals surface area (Å²) in [7, 11) is -3.73. The molecular weight excluding hydrogens is 480 g/mol. The van der Waals surface area contributed by atoms with Crippen LogP contribution in [0.2, 0.25) is 0 Å².